The van der Waals surface area contributed by atoms with Crippen molar-refractivity contribution in [2.24, 2.45) is 7.05 Å². The lowest BCUT2D eigenvalue weighted by atomic mass is 10.1. The molecule has 1 aliphatic heterocycles. The van der Waals surface area contributed by atoms with Crippen LogP contribution < -0.4 is 26.4 Å². The molecule has 0 radical (unpaired) electrons. The lowest BCUT2D eigenvalue weighted by Crippen LogP contribution is -2.43. The molecule has 0 saturated heterocycles. The molecule has 31 heavy (non-hydrogen) atoms. The van der Waals surface area contributed by atoms with Crippen LogP contribution in [0.4, 0.5) is 17.2 Å². The number of para-hydroxylation sites is 1. The Morgan fingerprint density at radius 2 is 1.87 bits per heavy atom. The number of benzene rings is 1. The second-order valence-corrected chi connectivity index (χ2v) is 7.85. The van der Waals surface area contributed by atoms with Crippen LogP contribution in [0, 0.1) is 11.8 Å². The second kappa shape index (κ2) is 8.81. The number of aromatic nitrogens is 2. The maximum atomic E-state index is 13.2. The number of nitrogens with one attached hydrogen (secondary N) is 1. The third kappa shape index (κ3) is 4.01. The number of carbonyl (C=O) groups is 2. The summed E-state index contributed by atoms with van der Waals surface area (Å²) >= 11 is 3.52. The third-order valence-corrected chi connectivity index (χ3v) is 6.11. The quantitative estimate of drug-likeness (QED) is 0.296. The van der Waals surface area contributed by atoms with E-state index in [0.29, 0.717) is 17.1 Å². The first-order valence-electron chi connectivity index (χ1n) is 9.45. The minimum atomic E-state index is -0.617. The maximum Gasteiger partial charge on any atom is 0.332 e. The number of rotatable bonds is 5. The molecule has 2 heterocycles. The first kappa shape index (κ1) is 22.4. The lowest BCUT2D eigenvalue weighted by Gasteiger charge is -2.23. The second-order valence-electron chi connectivity index (χ2n) is 7.03. The summed E-state index contributed by atoms with van der Waals surface area (Å²) in [5.41, 5.74) is -0.246. The lowest BCUT2D eigenvalue weighted by molar-refractivity contribution is -0.116. The number of hydrogen-bond donors (Lipinski definition) is 1. The van der Waals surface area contributed by atoms with Crippen LogP contribution in [-0.2, 0) is 18.4 Å². The van der Waals surface area contributed by atoms with E-state index in [1.165, 1.54) is 11.5 Å². The van der Waals surface area contributed by atoms with Crippen LogP contribution in [-0.4, -0.2) is 39.5 Å². The Morgan fingerprint density at radius 1 is 1.19 bits per heavy atom. The molecule has 1 aromatic carbocycles. The molecule has 10 heteroatoms. The molecule has 0 bridgehead atoms. The van der Waals surface area contributed by atoms with E-state index in [1.807, 2.05) is 0 Å². The highest BCUT2D eigenvalue weighted by atomic mass is 79.9. The van der Waals surface area contributed by atoms with Gasteiger partial charge in [0.25, 0.3) is 5.56 Å². The molecule has 3 rings (SSSR count). The monoisotopic (exact) mass is 487 g/mol. The Labute approximate surface area is 187 Å². The standard InChI is InChI=1S/C21H22BrN5O4/c1-5-6-11-26-17-18(24(3)20(26)22)25(4)21(31)27(19(17)30)12-16(29)23-15-10-8-7-9-14(15)13(2)28/h7-10,20H,11-12H2,1-4H3,(H,23,29). The summed E-state index contributed by atoms with van der Waals surface area (Å²) in [6.07, 6.45) is 0. The zero-order chi connectivity index (χ0) is 22.9. The number of ketones is 1. The van der Waals surface area contributed by atoms with E-state index >= 15 is 0 Å². The molecule has 1 unspecified atom stereocenters. The number of fused-ring (bicyclic) bond motifs is 1. The van der Waals surface area contributed by atoms with Gasteiger partial charge < -0.3 is 15.1 Å². The number of halogens is 1. The van der Waals surface area contributed by atoms with Gasteiger partial charge >= 0.3 is 5.69 Å². The fraction of sp³-hybridized carbons (Fsp3) is 0.333. The van der Waals surface area contributed by atoms with E-state index in [4.69, 9.17) is 0 Å². The van der Waals surface area contributed by atoms with Gasteiger partial charge in [0.2, 0.25) is 5.91 Å². The van der Waals surface area contributed by atoms with Gasteiger partial charge in [-0.25, -0.2) is 9.36 Å². The molecule has 1 aliphatic rings. The van der Waals surface area contributed by atoms with Crippen molar-refractivity contribution in [2.75, 3.05) is 28.7 Å². The van der Waals surface area contributed by atoms with Crippen molar-refractivity contribution in [1.29, 1.82) is 0 Å². The molecule has 0 aliphatic carbocycles. The first-order chi connectivity index (χ1) is 14.7. The van der Waals surface area contributed by atoms with E-state index in [-0.39, 0.29) is 23.1 Å². The number of nitrogens with zero attached hydrogens (tertiary/aromatic N) is 4. The van der Waals surface area contributed by atoms with Crippen molar-refractivity contribution in [3.05, 3.63) is 50.7 Å². The van der Waals surface area contributed by atoms with Crippen molar-refractivity contribution in [2.45, 2.75) is 25.5 Å². The smallest absolute Gasteiger partial charge is 0.329 e. The van der Waals surface area contributed by atoms with Gasteiger partial charge in [0.1, 0.15) is 18.1 Å². The Hall–Kier alpha value is -3.32. The van der Waals surface area contributed by atoms with Gasteiger partial charge in [-0.2, -0.15) is 0 Å². The van der Waals surface area contributed by atoms with Crippen molar-refractivity contribution in [3.63, 3.8) is 0 Å². The summed E-state index contributed by atoms with van der Waals surface area (Å²) in [5, 5.41) is 2.25. The molecule has 2 aromatic rings. The number of carbonyl (C=O) groups excluding carboxylic acids is 2. The zero-order valence-corrected chi connectivity index (χ0v) is 19.2. The summed E-state index contributed by atoms with van der Waals surface area (Å²) in [7, 11) is 3.30. The van der Waals surface area contributed by atoms with Crippen LogP contribution in [0.3, 0.4) is 0 Å². The Morgan fingerprint density at radius 3 is 2.52 bits per heavy atom. The minimum absolute atomic E-state index is 0.208. The van der Waals surface area contributed by atoms with Crippen LogP contribution >= 0.6 is 15.9 Å². The number of alkyl halides is 1. The van der Waals surface area contributed by atoms with E-state index in [9.17, 15) is 19.2 Å². The predicted octanol–water partition coefficient (Wildman–Crippen LogP) is 1.35. The van der Waals surface area contributed by atoms with Crippen LogP contribution in [0.5, 0.6) is 0 Å². The fourth-order valence-electron chi connectivity index (χ4n) is 3.50. The van der Waals surface area contributed by atoms with Crippen molar-refractivity contribution in [1.82, 2.24) is 9.13 Å². The Kier molecular flexibility index (Phi) is 6.36. The van der Waals surface area contributed by atoms with Gasteiger partial charge in [-0.3, -0.25) is 19.0 Å². The Balaban J connectivity index is 2.01. The zero-order valence-electron chi connectivity index (χ0n) is 17.6. The van der Waals surface area contributed by atoms with Crippen LogP contribution in [0.15, 0.2) is 33.9 Å². The minimum Gasteiger partial charge on any atom is -0.329 e. The highest BCUT2D eigenvalue weighted by Crippen LogP contribution is 2.36. The van der Waals surface area contributed by atoms with Gasteiger partial charge in [0.05, 0.1) is 12.2 Å². The average molecular weight is 488 g/mol. The first-order valence-corrected chi connectivity index (χ1v) is 10.4. The molecular weight excluding hydrogens is 466 g/mol. The van der Waals surface area contributed by atoms with Gasteiger partial charge in [-0.15, -0.1) is 5.92 Å². The molecule has 0 fully saturated rings. The predicted molar refractivity (Wildman–Crippen MR) is 123 cm³/mol. The molecule has 1 aromatic heterocycles. The SMILES string of the molecule is CC#CCN1c2c(n(C)c(=O)n(CC(=O)Nc3ccccc3C(C)=O)c2=O)N(C)C1Br. The van der Waals surface area contributed by atoms with Gasteiger partial charge in [-0.05, 0) is 41.9 Å². The number of anilines is 3. The van der Waals surface area contributed by atoms with Crippen LogP contribution in [0.25, 0.3) is 0 Å². The van der Waals surface area contributed by atoms with Gasteiger partial charge in [0, 0.05) is 19.7 Å². The molecule has 9 nitrogen and oxygen atoms in total. The summed E-state index contributed by atoms with van der Waals surface area (Å²) in [6.45, 7) is 2.88. The molecule has 1 atom stereocenters. The molecule has 1 amide bonds. The molecule has 1 N–H and O–H groups in total. The van der Waals surface area contributed by atoms with Crippen LogP contribution in [0.1, 0.15) is 24.2 Å². The number of amides is 1. The highest BCUT2D eigenvalue weighted by Gasteiger charge is 2.37. The van der Waals surface area contributed by atoms with Crippen molar-refractivity contribution >= 4 is 44.8 Å². The largest absolute Gasteiger partial charge is 0.332 e. The maximum absolute atomic E-state index is 13.2. The van der Waals surface area contributed by atoms with Gasteiger partial charge in [-0.1, -0.05) is 18.1 Å². The fourth-order valence-corrected chi connectivity index (χ4v) is 4.05. The summed E-state index contributed by atoms with van der Waals surface area (Å²) in [5.74, 6) is 5.36. The molecule has 162 valence electrons. The van der Waals surface area contributed by atoms with E-state index < -0.39 is 23.7 Å². The van der Waals surface area contributed by atoms with Gasteiger partial charge in [0.15, 0.2) is 10.9 Å². The van der Waals surface area contributed by atoms with E-state index in [1.54, 1.807) is 55.1 Å². The highest BCUT2D eigenvalue weighted by molar-refractivity contribution is 9.09. The number of hydrogen-bond acceptors (Lipinski definition) is 6. The number of Topliss-reactive ketones (excluding diaryl/α,β-unsaturated/α-hetero) is 1. The van der Waals surface area contributed by atoms with E-state index in [2.05, 4.69) is 33.1 Å². The summed E-state index contributed by atoms with van der Waals surface area (Å²) in [6, 6.07) is 6.56. The normalized spacial score (nSPS) is 14.7. The van der Waals surface area contributed by atoms with E-state index in [0.717, 1.165) is 4.57 Å². The topological polar surface area (TPSA) is 96.6 Å². The molecule has 0 spiro atoms. The van der Waals surface area contributed by atoms with Crippen molar-refractivity contribution in [3.8, 4) is 11.8 Å². The summed E-state index contributed by atoms with van der Waals surface area (Å²) < 4.78 is 2.22. The third-order valence-electron chi connectivity index (χ3n) is 5.00. The molecule has 0 saturated carbocycles. The van der Waals surface area contributed by atoms with Crippen molar-refractivity contribution < 1.29 is 9.59 Å². The summed E-state index contributed by atoms with van der Waals surface area (Å²) in [4.78, 5) is 54.1. The molecular formula is C21H22BrN5O4. The van der Waals surface area contributed by atoms with Crippen LogP contribution in [0.2, 0.25) is 0 Å². The average Bonchev–Trinajstić information content (AvgIpc) is 2.99. The Bertz CT molecular complexity index is 1240.